The Morgan fingerprint density at radius 2 is 1.57 bits per heavy atom. The zero-order chi connectivity index (χ0) is 19.3. The summed E-state index contributed by atoms with van der Waals surface area (Å²) in [5.41, 5.74) is 3.24. The van der Waals surface area contributed by atoms with Gasteiger partial charge in [-0.05, 0) is 49.7 Å². The summed E-state index contributed by atoms with van der Waals surface area (Å²) in [4.78, 5) is 19.7. The minimum Gasteiger partial charge on any atom is -0.364 e. The summed E-state index contributed by atoms with van der Waals surface area (Å²) in [6.07, 6.45) is 4.44. The van der Waals surface area contributed by atoms with Crippen molar-refractivity contribution in [1.29, 1.82) is 0 Å². The van der Waals surface area contributed by atoms with E-state index >= 15 is 0 Å². The predicted octanol–water partition coefficient (Wildman–Crippen LogP) is 4.57. The van der Waals surface area contributed by atoms with Crippen LogP contribution in [0.2, 0.25) is 5.02 Å². The molecule has 0 bridgehead atoms. The molecule has 0 aliphatic carbocycles. The summed E-state index contributed by atoms with van der Waals surface area (Å²) in [6.45, 7) is 5.44. The van der Waals surface area contributed by atoms with Gasteiger partial charge >= 0.3 is 0 Å². The van der Waals surface area contributed by atoms with Gasteiger partial charge in [-0.3, -0.25) is 4.79 Å². The third kappa shape index (κ3) is 4.34. The molecule has 2 aliphatic heterocycles. The molecule has 5 heteroatoms. The van der Waals surface area contributed by atoms with Crippen molar-refractivity contribution in [2.24, 2.45) is 0 Å². The van der Waals surface area contributed by atoms with Gasteiger partial charge in [-0.2, -0.15) is 0 Å². The lowest BCUT2D eigenvalue weighted by atomic mass is 10.1. The monoisotopic (exact) mass is 397 g/mol. The van der Waals surface area contributed by atoms with E-state index in [1.54, 1.807) is 0 Å². The van der Waals surface area contributed by atoms with E-state index in [0.717, 1.165) is 61.2 Å². The highest BCUT2D eigenvalue weighted by molar-refractivity contribution is 6.31. The Bertz CT molecular complexity index is 819. The topological polar surface area (TPSA) is 26.8 Å². The summed E-state index contributed by atoms with van der Waals surface area (Å²) in [5, 5.41) is 0.792. The van der Waals surface area contributed by atoms with Crippen LogP contribution >= 0.6 is 11.6 Å². The second-order valence-electron chi connectivity index (χ2n) is 7.70. The molecule has 2 aliphatic rings. The number of hydrogen-bond acceptors (Lipinski definition) is 3. The SMILES string of the molecule is O=C(CCN1CCCCC1)N1CCN(Cc2ccccc2Cl)c2ccccc21. The molecule has 28 heavy (non-hydrogen) atoms. The fraction of sp³-hybridized carbons (Fsp3) is 0.435. The molecular weight excluding hydrogens is 370 g/mol. The highest BCUT2D eigenvalue weighted by atomic mass is 35.5. The molecule has 0 unspecified atom stereocenters. The van der Waals surface area contributed by atoms with Crippen molar-refractivity contribution in [3.05, 3.63) is 59.1 Å². The van der Waals surface area contributed by atoms with E-state index in [1.807, 2.05) is 35.2 Å². The summed E-state index contributed by atoms with van der Waals surface area (Å²) in [7, 11) is 0. The molecule has 0 radical (unpaired) electrons. The highest BCUT2D eigenvalue weighted by Gasteiger charge is 2.27. The number of anilines is 2. The number of amides is 1. The van der Waals surface area contributed by atoms with Crippen molar-refractivity contribution in [3.63, 3.8) is 0 Å². The third-order valence-electron chi connectivity index (χ3n) is 5.82. The first-order valence-corrected chi connectivity index (χ1v) is 10.7. The maximum Gasteiger partial charge on any atom is 0.228 e. The number of hydrogen-bond donors (Lipinski definition) is 0. The minimum atomic E-state index is 0.232. The number of fused-ring (bicyclic) bond motifs is 1. The molecule has 2 heterocycles. The fourth-order valence-corrected chi connectivity index (χ4v) is 4.44. The lowest BCUT2D eigenvalue weighted by Gasteiger charge is -2.38. The molecule has 0 aromatic heterocycles. The minimum absolute atomic E-state index is 0.232. The molecule has 1 fully saturated rings. The third-order valence-corrected chi connectivity index (χ3v) is 6.19. The smallest absolute Gasteiger partial charge is 0.228 e. The predicted molar refractivity (Wildman–Crippen MR) is 116 cm³/mol. The number of halogens is 1. The van der Waals surface area contributed by atoms with Crippen LogP contribution in [0.5, 0.6) is 0 Å². The van der Waals surface area contributed by atoms with Crippen LogP contribution in [-0.4, -0.2) is 43.5 Å². The van der Waals surface area contributed by atoms with Gasteiger partial charge in [0.2, 0.25) is 5.91 Å². The second-order valence-corrected chi connectivity index (χ2v) is 8.11. The largest absolute Gasteiger partial charge is 0.364 e. The van der Waals surface area contributed by atoms with Gasteiger partial charge in [0, 0.05) is 37.6 Å². The number of nitrogens with zero attached hydrogens (tertiary/aromatic N) is 3. The first-order chi connectivity index (χ1) is 13.7. The average Bonchev–Trinajstić information content (AvgIpc) is 2.74. The number of rotatable bonds is 5. The first-order valence-electron chi connectivity index (χ1n) is 10.3. The zero-order valence-electron chi connectivity index (χ0n) is 16.3. The van der Waals surface area contributed by atoms with E-state index in [4.69, 9.17) is 11.6 Å². The molecule has 0 N–H and O–H groups in total. The van der Waals surface area contributed by atoms with E-state index in [0.29, 0.717) is 6.42 Å². The maximum atomic E-state index is 13.0. The van der Waals surface area contributed by atoms with Crippen molar-refractivity contribution in [1.82, 2.24) is 4.90 Å². The fourth-order valence-electron chi connectivity index (χ4n) is 4.25. The van der Waals surface area contributed by atoms with E-state index in [-0.39, 0.29) is 5.91 Å². The average molecular weight is 398 g/mol. The number of carbonyl (C=O) groups excluding carboxylic acids is 1. The van der Waals surface area contributed by atoms with Gasteiger partial charge in [-0.25, -0.2) is 0 Å². The first kappa shape index (κ1) is 19.3. The van der Waals surface area contributed by atoms with Gasteiger partial charge in [-0.1, -0.05) is 48.4 Å². The molecule has 4 nitrogen and oxygen atoms in total. The molecule has 2 aromatic rings. The lowest BCUT2D eigenvalue weighted by molar-refractivity contribution is -0.119. The molecule has 0 saturated carbocycles. The molecule has 1 saturated heterocycles. The number of piperidine rings is 1. The Hall–Kier alpha value is -2.04. The van der Waals surface area contributed by atoms with Gasteiger partial charge in [0.15, 0.2) is 0 Å². The van der Waals surface area contributed by atoms with Crippen LogP contribution in [-0.2, 0) is 11.3 Å². The normalized spacial score (nSPS) is 17.5. The standard InChI is InChI=1S/C23H28ClN3O/c24-20-9-3-2-8-19(20)18-26-16-17-27(22-11-5-4-10-21(22)26)23(28)12-15-25-13-6-1-7-14-25/h2-5,8-11H,1,6-7,12-18H2. The molecule has 4 rings (SSSR count). The summed E-state index contributed by atoms with van der Waals surface area (Å²) in [6, 6.07) is 16.2. The van der Waals surface area contributed by atoms with Crippen LogP contribution in [0.3, 0.4) is 0 Å². The van der Waals surface area contributed by atoms with Crippen LogP contribution in [0, 0.1) is 0 Å². The number of carbonyl (C=O) groups is 1. The molecular formula is C23H28ClN3O. The highest BCUT2D eigenvalue weighted by Crippen LogP contribution is 2.34. The number of para-hydroxylation sites is 2. The van der Waals surface area contributed by atoms with Gasteiger partial charge in [-0.15, -0.1) is 0 Å². The Kier molecular flexibility index (Phi) is 6.18. The lowest BCUT2D eigenvalue weighted by Crippen LogP contribution is -2.45. The Morgan fingerprint density at radius 3 is 2.36 bits per heavy atom. The van der Waals surface area contributed by atoms with E-state index in [2.05, 4.69) is 28.0 Å². The van der Waals surface area contributed by atoms with Crippen LogP contribution in [0.15, 0.2) is 48.5 Å². The van der Waals surface area contributed by atoms with Crippen LogP contribution in [0.1, 0.15) is 31.2 Å². The number of benzene rings is 2. The van der Waals surface area contributed by atoms with Crippen LogP contribution in [0.4, 0.5) is 11.4 Å². The van der Waals surface area contributed by atoms with E-state index in [9.17, 15) is 4.79 Å². The van der Waals surface area contributed by atoms with Crippen LogP contribution in [0.25, 0.3) is 0 Å². The van der Waals surface area contributed by atoms with Crippen LogP contribution < -0.4 is 9.80 Å². The van der Waals surface area contributed by atoms with E-state index in [1.165, 1.54) is 19.3 Å². The van der Waals surface area contributed by atoms with Crippen molar-refractivity contribution in [2.45, 2.75) is 32.2 Å². The van der Waals surface area contributed by atoms with Gasteiger partial charge in [0.1, 0.15) is 0 Å². The molecule has 148 valence electrons. The Morgan fingerprint density at radius 1 is 0.857 bits per heavy atom. The Balaban J connectivity index is 1.46. The van der Waals surface area contributed by atoms with Gasteiger partial charge in [0.25, 0.3) is 0 Å². The molecule has 0 spiro atoms. The summed E-state index contributed by atoms with van der Waals surface area (Å²) in [5.74, 6) is 0.232. The zero-order valence-corrected chi connectivity index (χ0v) is 17.1. The molecule has 0 atom stereocenters. The summed E-state index contributed by atoms with van der Waals surface area (Å²) >= 11 is 6.37. The van der Waals surface area contributed by atoms with Crippen molar-refractivity contribution < 1.29 is 4.79 Å². The van der Waals surface area contributed by atoms with Gasteiger partial charge < -0.3 is 14.7 Å². The quantitative estimate of drug-likeness (QED) is 0.739. The molecule has 1 amide bonds. The second kappa shape index (κ2) is 8.97. The maximum absolute atomic E-state index is 13.0. The van der Waals surface area contributed by atoms with Crippen molar-refractivity contribution >= 4 is 28.9 Å². The number of likely N-dealkylation sites (tertiary alicyclic amines) is 1. The Labute approximate surface area is 172 Å². The van der Waals surface area contributed by atoms with E-state index < -0.39 is 0 Å². The molecule has 2 aromatic carbocycles. The van der Waals surface area contributed by atoms with Crippen molar-refractivity contribution in [2.75, 3.05) is 42.5 Å². The summed E-state index contributed by atoms with van der Waals surface area (Å²) < 4.78 is 0. The van der Waals surface area contributed by atoms with Gasteiger partial charge in [0.05, 0.1) is 11.4 Å². The van der Waals surface area contributed by atoms with Crippen molar-refractivity contribution in [3.8, 4) is 0 Å².